The van der Waals surface area contributed by atoms with Crippen LogP contribution in [-0.4, -0.2) is 31.0 Å². The Kier molecular flexibility index (Phi) is 3.61. The van der Waals surface area contributed by atoms with Crippen molar-refractivity contribution >= 4 is 27.7 Å². The number of pyridine rings is 1. The Bertz CT molecular complexity index is 441. The minimum Gasteiger partial charge on any atom is -0.359 e. The van der Waals surface area contributed by atoms with Gasteiger partial charge in [-0.1, -0.05) is 0 Å². The molecule has 0 aliphatic carbocycles. The highest BCUT2D eigenvalue weighted by molar-refractivity contribution is 9.10. The fourth-order valence-corrected chi connectivity index (χ4v) is 2.19. The topological polar surface area (TPSA) is 45.2 Å². The first-order chi connectivity index (χ1) is 8.11. The average Bonchev–Trinajstić information content (AvgIpc) is 2.81. The number of carbonyl (C=O) groups excluding carboxylic acids is 1. The first kappa shape index (κ1) is 12.3. The van der Waals surface area contributed by atoms with Crippen LogP contribution in [0.3, 0.4) is 0 Å². The monoisotopic (exact) mass is 301 g/mol. The van der Waals surface area contributed by atoms with Gasteiger partial charge in [0.2, 0.25) is 11.9 Å². The smallest absolute Gasteiger partial charge is 0.229 e. The zero-order valence-electron chi connectivity index (χ0n) is 9.41. The molecule has 6 heteroatoms. The summed E-state index contributed by atoms with van der Waals surface area (Å²) in [5, 5.41) is 2.63. The van der Waals surface area contributed by atoms with Crippen molar-refractivity contribution < 1.29 is 9.18 Å². The van der Waals surface area contributed by atoms with E-state index in [0.29, 0.717) is 16.8 Å². The van der Waals surface area contributed by atoms with Gasteiger partial charge in [0.25, 0.3) is 0 Å². The molecule has 1 unspecified atom stereocenters. The molecule has 0 saturated carbocycles. The van der Waals surface area contributed by atoms with Crippen LogP contribution in [-0.2, 0) is 4.79 Å². The van der Waals surface area contributed by atoms with Gasteiger partial charge in [-0.05, 0) is 34.5 Å². The van der Waals surface area contributed by atoms with Gasteiger partial charge >= 0.3 is 0 Å². The van der Waals surface area contributed by atoms with Gasteiger partial charge in [-0.25, -0.2) is 4.98 Å². The lowest BCUT2D eigenvalue weighted by Gasteiger charge is -2.17. The van der Waals surface area contributed by atoms with E-state index >= 15 is 0 Å². The molecule has 0 aromatic carbocycles. The van der Waals surface area contributed by atoms with Crippen LogP contribution in [0.5, 0.6) is 0 Å². The molecule has 1 saturated heterocycles. The Balaban J connectivity index is 2.10. The molecule has 1 atom stereocenters. The number of hydrogen-bond acceptors (Lipinski definition) is 3. The van der Waals surface area contributed by atoms with E-state index in [9.17, 15) is 9.18 Å². The van der Waals surface area contributed by atoms with Crippen LogP contribution in [0.15, 0.2) is 16.6 Å². The van der Waals surface area contributed by atoms with E-state index in [1.807, 2.05) is 4.90 Å². The second-order valence-corrected chi connectivity index (χ2v) is 4.84. The molecule has 0 bridgehead atoms. The van der Waals surface area contributed by atoms with E-state index in [1.54, 1.807) is 19.2 Å². The fraction of sp³-hybridized carbons (Fsp3) is 0.455. The lowest BCUT2D eigenvalue weighted by Crippen LogP contribution is -2.30. The molecular formula is C11H13BrFN3O. The minimum atomic E-state index is -0.522. The fourth-order valence-electron chi connectivity index (χ4n) is 1.97. The Hall–Kier alpha value is -1.17. The Morgan fingerprint density at radius 3 is 3.06 bits per heavy atom. The summed E-state index contributed by atoms with van der Waals surface area (Å²) >= 11 is 3.06. The zero-order chi connectivity index (χ0) is 12.4. The highest BCUT2D eigenvalue weighted by Crippen LogP contribution is 2.24. The van der Waals surface area contributed by atoms with Crippen molar-refractivity contribution in [2.24, 2.45) is 5.92 Å². The van der Waals surface area contributed by atoms with Gasteiger partial charge in [0.05, 0.1) is 10.4 Å². The normalized spacial score (nSPS) is 19.5. The summed E-state index contributed by atoms with van der Waals surface area (Å²) < 4.78 is 13.6. The van der Waals surface area contributed by atoms with E-state index in [-0.39, 0.29) is 11.8 Å². The second-order valence-electron chi connectivity index (χ2n) is 3.99. The number of nitrogens with one attached hydrogen (secondary N) is 1. The van der Waals surface area contributed by atoms with Gasteiger partial charge in [-0.15, -0.1) is 0 Å². The van der Waals surface area contributed by atoms with Crippen molar-refractivity contribution in [1.29, 1.82) is 0 Å². The molecule has 1 aliphatic rings. The van der Waals surface area contributed by atoms with E-state index < -0.39 is 5.95 Å². The maximum absolute atomic E-state index is 13.3. The van der Waals surface area contributed by atoms with Crippen LogP contribution in [0, 0.1) is 11.9 Å². The third-order valence-electron chi connectivity index (χ3n) is 2.92. The van der Waals surface area contributed by atoms with E-state index in [4.69, 9.17) is 0 Å². The summed E-state index contributed by atoms with van der Waals surface area (Å²) in [6, 6.07) is 3.38. The summed E-state index contributed by atoms with van der Waals surface area (Å²) in [6.45, 7) is 1.32. The predicted octanol–water partition coefficient (Wildman–Crippen LogP) is 1.56. The van der Waals surface area contributed by atoms with Crippen molar-refractivity contribution in [3.8, 4) is 0 Å². The summed E-state index contributed by atoms with van der Waals surface area (Å²) in [5.41, 5.74) is 0. The number of carbonyl (C=O) groups is 1. The van der Waals surface area contributed by atoms with Gasteiger partial charge in [0.15, 0.2) is 0 Å². The third-order valence-corrected chi connectivity index (χ3v) is 3.51. The molecule has 4 nitrogen and oxygen atoms in total. The number of aromatic nitrogens is 1. The van der Waals surface area contributed by atoms with Crippen LogP contribution in [0.1, 0.15) is 6.42 Å². The molecule has 1 aromatic heterocycles. The number of hydrogen-bond donors (Lipinski definition) is 1. The predicted molar refractivity (Wildman–Crippen MR) is 66.3 cm³/mol. The van der Waals surface area contributed by atoms with Gasteiger partial charge in [-0.3, -0.25) is 4.79 Å². The van der Waals surface area contributed by atoms with Crippen LogP contribution in [0.25, 0.3) is 0 Å². The van der Waals surface area contributed by atoms with Crippen LogP contribution in [0.4, 0.5) is 10.2 Å². The van der Waals surface area contributed by atoms with Gasteiger partial charge in [0.1, 0.15) is 5.82 Å². The molecule has 17 heavy (non-hydrogen) atoms. The quantitative estimate of drug-likeness (QED) is 0.843. The van der Waals surface area contributed by atoms with E-state index in [0.717, 1.165) is 13.0 Å². The van der Waals surface area contributed by atoms with Gasteiger partial charge < -0.3 is 10.2 Å². The zero-order valence-corrected chi connectivity index (χ0v) is 11.0. The largest absolute Gasteiger partial charge is 0.359 e. The van der Waals surface area contributed by atoms with Crippen molar-refractivity contribution in [2.45, 2.75) is 6.42 Å². The van der Waals surface area contributed by atoms with Gasteiger partial charge in [-0.2, -0.15) is 4.39 Å². The van der Waals surface area contributed by atoms with Crippen LogP contribution < -0.4 is 10.2 Å². The third kappa shape index (κ3) is 2.57. The molecule has 1 aliphatic heterocycles. The summed E-state index contributed by atoms with van der Waals surface area (Å²) in [6.07, 6.45) is 0.777. The maximum atomic E-state index is 13.3. The molecule has 2 rings (SSSR count). The summed E-state index contributed by atoms with van der Waals surface area (Å²) in [5.74, 6) is 0.0570. The first-order valence-corrected chi connectivity index (χ1v) is 6.19. The summed E-state index contributed by atoms with van der Waals surface area (Å²) in [7, 11) is 1.63. The Morgan fingerprint density at radius 2 is 2.41 bits per heavy atom. The van der Waals surface area contributed by atoms with Crippen molar-refractivity contribution in [1.82, 2.24) is 10.3 Å². The highest BCUT2D eigenvalue weighted by atomic mass is 79.9. The Morgan fingerprint density at radius 1 is 1.65 bits per heavy atom. The Labute approximate surface area is 107 Å². The molecule has 92 valence electrons. The molecule has 1 aromatic rings. The number of nitrogens with zero attached hydrogens (tertiary/aromatic N) is 2. The van der Waals surface area contributed by atoms with Gasteiger partial charge in [0, 0.05) is 20.1 Å². The molecular weight excluding hydrogens is 289 g/mol. The number of halogens is 2. The maximum Gasteiger partial charge on any atom is 0.229 e. The second kappa shape index (κ2) is 5.00. The van der Waals surface area contributed by atoms with E-state index in [1.165, 1.54) is 0 Å². The number of rotatable bonds is 2. The molecule has 0 radical (unpaired) electrons. The molecule has 0 spiro atoms. The summed E-state index contributed by atoms with van der Waals surface area (Å²) in [4.78, 5) is 17.3. The minimum absolute atomic E-state index is 0.0325. The van der Waals surface area contributed by atoms with Crippen molar-refractivity contribution in [3.05, 3.63) is 22.6 Å². The lowest BCUT2D eigenvalue weighted by atomic mass is 10.1. The van der Waals surface area contributed by atoms with Crippen molar-refractivity contribution in [3.63, 3.8) is 0 Å². The molecule has 2 heterocycles. The highest BCUT2D eigenvalue weighted by Gasteiger charge is 2.28. The molecule has 1 N–H and O–H groups in total. The van der Waals surface area contributed by atoms with E-state index in [2.05, 4.69) is 26.2 Å². The molecule has 1 amide bonds. The average molecular weight is 302 g/mol. The first-order valence-electron chi connectivity index (χ1n) is 5.40. The van der Waals surface area contributed by atoms with Crippen LogP contribution >= 0.6 is 15.9 Å². The van der Waals surface area contributed by atoms with Crippen LogP contribution in [0.2, 0.25) is 0 Å². The lowest BCUT2D eigenvalue weighted by molar-refractivity contribution is -0.123. The van der Waals surface area contributed by atoms with Crippen molar-refractivity contribution in [2.75, 3.05) is 25.0 Å². The SMILES string of the molecule is CNC(=O)C1CCN(c2ccc(Br)c(F)n2)C1. The molecule has 1 fully saturated rings. The standard InChI is InChI=1S/C11H13BrFN3O/c1-14-11(17)7-4-5-16(6-7)9-3-2-8(12)10(13)15-9/h2-3,7H,4-6H2,1H3,(H,14,17). The number of amides is 1. The number of anilines is 1.